The van der Waals surface area contributed by atoms with Gasteiger partial charge in [0.2, 0.25) is 10.0 Å². The molecule has 0 bridgehead atoms. The van der Waals surface area contributed by atoms with Gasteiger partial charge in [-0.2, -0.15) is 21.1 Å². The molecule has 1 heterocycles. The molecule has 0 radical (unpaired) electrons. The summed E-state index contributed by atoms with van der Waals surface area (Å²) in [6.45, 7) is 0.722. The van der Waals surface area contributed by atoms with Crippen molar-refractivity contribution in [3.8, 4) is 0 Å². The zero-order valence-corrected chi connectivity index (χ0v) is 20.3. The number of hydrogen-bond acceptors (Lipinski definition) is 5. The molecular formula is C21H22ClN3O3S3. The number of aryl methyl sites for hydroxylation is 1. The largest absolute Gasteiger partial charge is 0.316 e. The first kappa shape index (κ1) is 22.5. The summed E-state index contributed by atoms with van der Waals surface area (Å²) in [7, 11) is -1.94. The van der Waals surface area contributed by atoms with Crippen molar-refractivity contribution in [3.63, 3.8) is 0 Å². The van der Waals surface area contributed by atoms with Gasteiger partial charge in [0.05, 0.1) is 15.1 Å². The van der Waals surface area contributed by atoms with Gasteiger partial charge in [0.25, 0.3) is 5.91 Å². The number of halogens is 1. The summed E-state index contributed by atoms with van der Waals surface area (Å²) >= 11 is 9.26. The van der Waals surface area contributed by atoms with E-state index >= 15 is 0 Å². The van der Waals surface area contributed by atoms with Crippen LogP contribution in [0.4, 0.5) is 0 Å². The molecule has 0 aliphatic heterocycles. The molecule has 0 saturated heterocycles. The van der Waals surface area contributed by atoms with Crippen LogP contribution in [0.2, 0.25) is 5.02 Å². The molecule has 6 nitrogen and oxygen atoms in total. The Labute approximate surface area is 194 Å². The van der Waals surface area contributed by atoms with E-state index in [-0.39, 0.29) is 10.9 Å². The predicted octanol–water partition coefficient (Wildman–Crippen LogP) is 4.24. The third kappa shape index (κ3) is 4.75. The van der Waals surface area contributed by atoms with Crippen LogP contribution in [0.3, 0.4) is 0 Å². The summed E-state index contributed by atoms with van der Waals surface area (Å²) in [5.41, 5.74) is 1.33. The minimum atomic E-state index is -3.54. The Hall–Kier alpha value is -1.65. The van der Waals surface area contributed by atoms with Crippen molar-refractivity contribution in [2.24, 2.45) is 4.99 Å². The van der Waals surface area contributed by atoms with Crippen molar-refractivity contribution in [3.05, 3.63) is 57.9 Å². The summed E-state index contributed by atoms with van der Waals surface area (Å²) in [6, 6.07) is 11.7. The van der Waals surface area contributed by atoms with Gasteiger partial charge in [0.15, 0.2) is 4.80 Å². The molecule has 1 amide bonds. The Morgan fingerprint density at radius 3 is 2.61 bits per heavy atom. The van der Waals surface area contributed by atoms with Crippen LogP contribution in [0.5, 0.6) is 0 Å². The molecule has 1 aliphatic carbocycles. The summed E-state index contributed by atoms with van der Waals surface area (Å²) in [5.74, 6) is 0.478. The molecule has 1 saturated carbocycles. The number of hydrogen-bond donors (Lipinski definition) is 0. The van der Waals surface area contributed by atoms with Crippen molar-refractivity contribution in [2.45, 2.75) is 30.3 Å². The number of rotatable bonds is 7. The molecule has 1 fully saturated rings. The standard InChI is InChI=1S/C21H22ClN3O3S3/c1-24(16-6-7-16)31(27,28)17-8-3-14(4-9-17)20(26)23-21-25(11-12-29-2)18-10-5-15(22)13-19(18)30-21/h3-5,8-10,13,16H,6-7,11-12H2,1-2H3. The van der Waals surface area contributed by atoms with Crippen molar-refractivity contribution >= 4 is 60.8 Å². The topological polar surface area (TPSA) is 71.7 Å². The Kier molecular flexibility index (Phi) is 6.60. The second-order valence-corrected chi connectivity index (χ2v) is 11.8. The highest BCUT2D eigenvalue weighted by Crippen LogP contribution is 2.30. The maximum absolute atomic E-state index is 12.8. The first-order chi connectivity index (χ1) is 14.8. The third-order valence-corrected chi connectivity index (χ3v) is 8.99. The van der Waals surface area contributed by atoms with Crippen molar-refractivity contribution in [1.82, 2.24) is 8.87 Å². The monoisotopic (exact) mass is 495 g/mol. The van der Waals surface area contributed by atoms with Crippen LogP contribution in [-0.4, -0.2) is 48.3 Å². The molecule has 0 spiro atoms. The second-order valence-electron chi connectivity index (χ2n) is 7.33. The Balaban J connectivity index is 1.66. The van der Waals surface area contributed by atoms with Crippen molar-refractivity contribution in [1.29, 1.82) is 0 Å². The van der Waals surface area contributed by atoms with Crippen LogP contribution in [-0.2, 0) is 16.6 Å². The third-order valence-electron chi connectivity index (χ3n) is 5.20. The van der Waals surface area contributed by atoms with E-state index in [4.69, 9.17) is 11.6 Å². The minimum absolute atomic E-state index is 0.0829. The molecular weight excluding hydrogens is 474 g/mol. The SMILES string of the molecule is CSCCn1c(=NC(=O)c2ccc(S(=O)(=O)N(C)C3CC3)cc2)sc2cc(Cl)ccc21. The van der Waals surface area contributed by atoms with Crippen LogP contribution in [0.15, 0.2) is 52.4 Å². The molecule has 10 heteroatoms. The molecule has 2 aromatic carbocycles. The van der Waals surface area contributed by atoms with Gasteiger partial charge in [-0.25, -0.2) is 8.42 Å². The zero-order chi connectivity index (χ0) is 22.2. The van der Waals surface area contributed by atoms with Crippen LogP contribution >= 0.6 is 34.7 Å². The first-order valence-corrected chi connectivity index (χ1v) is 13.8. The van der Waals surface area contributed by atoms with Crippen LogP contribution < -0.4 is 4.80 Å². The number of fused-ring (bicyclic) bond motifs is 1. The number of aromatic nitrogens is 1. The average Bonchev–Trinajstić information content (AvgIpc) is 3.54. The average molecular weight is 496 g/mol. The molecule has 4 rings (SSSR count). The van der Waals surface area contributed by atoms with Gasteiger partial charge in [0.1, 0.15) is 0 Å². The zero-order valence-electron chi connectivity index (χ0n) is 17.1. The van der Waals surface area contributed by atoms with Gasteiger partial charge in [0, 0.05) is 36.0 Å². The second kappa shape index (κ2) is 9.07. The van der Waals surface area contributed by atoms with E-state index in [2.05, 4.69) is 4.99 Å². The van der Waals surface area contributed by atoms with E-state index < -0.39 is 15.9 Å². The van der Waals surface area contributed by atoms with Gasteiger partial charge in [-0.05, 0) is 61.6 Å². The molecule has 31 heavy (non-hydrogen) atoms. The maximum Gasteiger partial charge on any atom is 0.279 e. The quantitative estimate of drug-likeness (QED) is 0.491. The number of nitrogens with zero attached hydrogens (tertiary/aromatic N) is 3. The number of amides is 1. The van der Waals surface area contributed by atoms with Gasteiger partial charge < -0.3 is 4.57 Å². The highest BCUT2D eigenvalue weighted by atomic mass is 35.5. The van der Waals surface area contributed by atoms with E-state index in [1.165, 1.54) is 39.9 Å². The molecule has 0 unspecified atom stereocenters. The summed E-state index contributed by atoms with van der Waals surface area (Å²) in [6.07, 6.45) is 3.81. The van der Waals surface area contributed by atoms with Crippen molar-refractivity contribution in [2.75, 3.05) is 19.1 Å². The lowest BCUT2D eigenvalue weighted by molar-refractivity contribution is 0.0997. The van der Waals surface area contributed by atoms with Gasteiger partial charge in [-0.1, -0.05) is 22.9 Å². The Bertz CT molecular complexity index is 1290. The molecule has 0 N–H and O–H groups in total. The first-order valence-electron chi connectivity index (χ1n) is 9.76. The number of thiazole rings is 1. The summed E-state index contributed by atoms with van der Waals surface area (Å²) in [5, 5.41) is 0.636. The number of carbonyl (C=O) groups is 1. The molecule has 164 valence electrons. The van der Waals surface area contributed by atoms with Crippen LogP contribution in [0, 0.1) is 0 Å². The van der Waals surface area contributed by atoms with Crippen LogP contribution in [0.25, 0.3) is 10.2 Å². The smallest absolute Gasteiger partial charge is 0.279 e. The highest BCUT2D eigenvalue weighted by Gasteiger charge is 2.35. The van der Waals surface area contributed by atoms with Gasteiger partial charge in [-0.15, -0.1) is 0 Å². The molecule has 1 aliphatic rings. The number of benzene rings is 2. The summed E-state index contributed by atoms with van der Waals surface area (Å²) in [4.78, 5) is 18.0. The molecule has 3 aromatic rings. The maximum atomic E-state index is 12.8. The fourth-order valence-electron chi connectivity index (χ4n) is 3.25. The van der Waals surface area contributed by atoms with Gasteiger partial charge >= 0.3 is 0 Å². The molecule has 0 atom stereocenters. The van der Waals surface area contributed by atoms with Gasteiger partial charge in [-0.3, -0.25) is 4.79 Å². The van der Waals surface area contributed by atoms with E-state index in [0.717, 1.165) is 35.4 Å². The lowest BCUT2D eigenvalue weighted by atomic mass is 10.2. The Morgan fingerprint density at radius 1 is 1.26 bits per heavy atom. The van der Waals surface area contributed by atoms with E-state index in [0.29, 0.717) is 15.4 Å². The number of carbonyl (C=O) groups excluding carboxylic acids is 1. The normalized spacial score (nSPS) is 15.2. The predicted molar refractivity (Wildman–Crippen MR) is 128 cm³/mol. The highest BCUT2D eigenvalue weighted by molar-refractivity contribution is 7.98. The van der Waals surface area contributed by atoms with Crippen LogP contribution in [0.1, 0.15) is 23.2 Å². The summed E-state index contributed by atoms with van der Waals surface area (Å²) < 4.78 is 29.7. The molecule has 1 aromatic heterocycles. The van der Waals surface area contributed by atoms with E-state index in [1.807, 2.05) is 29.0 Å². The lowest BCUT2D eigenvalue weighted by Gasteiger charge is -2.16. The van der Waals surface area contributed by atoms with Crippen molar-refractivity contribution < 1.29 is 13.2 Å². The fraction of sp³-hybridized carbons (Fsp3) is 0.333. The lowest BCUT2D eigenvalue weighted by Crippen LogP contribution is -2.28. The minimum Gasteiger partial charge on any atom is -0.316 e. The number of sulfonamides is 1. The number of thioether (sulfide) groups is 1. The van der Waals surface area contributed by atoms with E-state index in [1.54, 1.807) is 18.8 Å². The fourth-order valence-corrected chi connectivity index (χ4v) is 6.36. The Morgan fingerprint density at radius 2 is 1.97 bits per heavy atom. The van der Waals surface area contributed by atoms with E-state index in [9.17, 15) is 13.2 Å².